The summed E-state index contributed by atoms with van der Waals surface area (Å²) in [5.74, 6) is -0.971. The van der Waals surface area contributed by atoms with Crippen LogP contribution in [0.4, 0.5) is 25.2 Å². The van der Waals surface area contributed by atoms with Gasteiger partial charge in [-0.1, -0.05) is 29.7 Å². The lowest BCUT2D eigenvalue weighted by Crippen LogP contribution is -2.37. The van der Waals surface area contributed by atoms with Crippen molar-refractivity contribution in [1.29, 1.82) is 0 Å². The van der Waals surface area contributed by atoms with Crippen LogP contribution in [-0.4, -0.2) is 132 Å². The molecule has 11 atom stereocenters. The van der Waals surface area contributed by atoms with Crippen LogP contribution in [0.1, 0.15) is 31.0 Å². The molecule has 1 saturated carbocycles. The Morgan fingerprint density at radius 2 is 1.66 bits per heavy atom. The van der Waals surface area contributed by atoms with Crippen LogP contribution < -0.4 is 11.1 Å². The second-order valence-corrected chi connectivity index (χ2v) is 20.6. The van der Waals surface area contributed by atoms with E-state index in [1.807, 2.05) is 0 Å². The molecule has 5 aliphatic rings. The number of anilines is 2. The maximum Gasteiger partial charge on any atom is 0.412 e. The van der Waals surface area contributed by atoms with Gasteiger partial charge in [-0.3, -0.25) is 51.7 Å². The van der Waals surface area contributed by atoms with Crippen LogP contribution in [0.25, 0.3) is 22.3 Å². The van der Waals surface area contributed by atoms with Gasteiger partial charge in [0.15, 0.2) is 53.2 Å². The second kappa shape index (κ2) is 16.1. The first-order valence-electron chi connectivity index (χ1n) is 19.0. The van der Waals surface area contributed by atoms with Gasteiger partial charge >= 0.3 is 19.7 Å². The smallest absolute Gasteiger partial charge is 0.412 e. The van der Waals surface area contributed by atoms with E-state index in [0.717, 1.165) is 28.4 Å². The number of carbonyl (C=O) groups is 3. The summed E-state index contributed by atoms with van der Waals surface area (Å²) in [5, 5.41) is 10.4. The summed E-state index contributed by atoms with van der Waals surface area (Å²) in [6, 6.07) is 0. The molecule has 5 aromatic heterocycles. The molecule has 1 unspecified atom stereocenters. The van der Waals surface area contributed by atoms with Crippen molar-refractivity contribution in [2.24, 2.45) is 0 Å². The van der Waals surface area contributed by atoms with Gasteiger partial charge in [0.1, 0.15) is 53.9 Å². The van der Waals surface area contributed by atoms with Crippen molar-refractivity contribution in [2.75, 3.05) is 24.3 Å². The lowest BCUT2D eigenvalue weighted by molar-refractivity contribution is -0.137. The lowest BCUT2D eigenvalue weighted by Gasteiger charge is -2.28. The number of amides is 3. The van der Waals surface area contributed by atoms with E-state index in [2.05, 4.69) is 70.0 Å². The number of rotatable bonds is 9. The zero-order valence-electron chi connectivity index (χ0n) is 32.3. The molecular formula is C32H32F2N14O12P2S2. The normalized spacial score (nSPS) is 33.8. The molecule has 9 heterocycles. The molecule has 10 rings (SSSR count). The minimum atomic E-state index is -4.54. The fourth-order valence-electron chi connectivity index (χ4n) is 7.75. The van der Waals surface area contributed by atoms with Crippen molar-refractivity contribution in [3.63, 3.8) is 0 Å². The van der Waals surface area contributed by atoms with Gasteiger partial charge in [-0.05, 0) is 0 Å². The Labute approximate surface area is 366 Å². The monoisotopic (exact) mass is 968 g/mol. The number of thiol groups is 2. The molecule has 4 aliphatic heterocycles. The highest BCUT2D eigenvalue weighted by Gasteiger charge is 2.74. The highest BCUT2D eigenvalue weighted by atomic mass is 32.7. The van der Waals surface area contributed by atoms with Crippen LogP contribution in [0.3, 0.4) is 0 Å². The van der Waals surface area contributed by atoms with Gasteiger partial charge in [0.05, 0.1) is 38.6 Å². The minimum Gasteiger partial charge on any atom is -0.449 e. The van der Waals surface area contributed by atoms with Crippen molar-refractivity contribution in [3.8, 4) is 0 Å². The molecule has 1 aliphatic carbocycles. The molecule has 0 radical (unpaired) electrons. The Morgan fingerprint density at radius 1 is 0.938 bits per heavy atom. The first-order chi connectivity index (χ1) is 30.6. The number of halogens is 2. The first-order valence-corrected chi connectivity index (χ1v) is 24.4. The van der Waals surface area contributed by atoms with Gasteiger partial charge in [0.25, 0.3) is 11.8 Å². The van der Waals surface area contributed by atoms with Crippen LogP contribution in [0.2, 0.25) is 0 Å². The average molecular weight is 969 g/mol. The highest BCUT2D eigenvalue weighted by Crippen LogP contribution is 2.69. The number of nitrogens with two attached hydrogens (primary N) is 1. The number of aryl methyl sites for hydroxylation is 1. The molecule has 4 fully saturated rings. The number of carbonyl (C=O) groups excluding carboxylic acids is 3. The first kappa shape index (κ1) is 42.9. The maximum atomic E-state index is 16.6. The number of hydrogen-bond acceptors (Lipinski definition) is 21. The molecule has 64 heavy (non-hydrogen) atoms. The molecule has 3 amide bonds. The maximum absolute atomic E-state index is 16.6. The predicted molar refractivity (Wildman–Crippen MR) is 214 cm³/mol. The van der Waals surface area contributed by atoms with Crippen LogP contribution in [0.15, 0.2) is 43.7 Å². The van der Waals surface area contributed by atoms with Gasteiger partial charge in [0.2, 0.25) is 0 Å². The van der Waals surface area contributed by atoms with Crippen molar-refractivity contribution in [1.82, 2.24) is 58.9 Å². The van der Waals surface area contributed by atoms with Crippen LogP contribution in [-0.2, 0) is 64.1 Å². The third-order valence-corrected chi connectivity index (χ3v) is 14.0. The summed E-state index contributed by atoms with van der Waals surface area (Å²) >= 11 is 8.20. The Bertz CT molecular complexity index is 2820. The fourth-order valence-corrected chi connectivity index (χ4v) is 11.1. The van der Waals surface area contributed by atoms with E-state index in [0.29, 0.717) is 12.1 Å². The predicted octanol–water partition coefficient (Wildman–Crippen LogP) is 2.41. The largest absolute Gasteiger partial charge is 0.449 e. The topological polar surface area (TPSA) is 309 Å². The summed E-state index contributed by atoms with van der Waals surface area (Å²) < 4.78 is 104. The number of imidazole rings is 2. The minimum absolute atomic E-state index is 0.000612. The van der Waals surface area contributed by atoms with Gasteiger partial charge in [-0.25, -0.2) is 52.6 Å². The van der Waals surface area contributed by atoms with E-state index < -0.39 is 92.9 Å². The summed E-state index contributed by atoms with van der Waals surface area (Å²) in [5.41, 5.74) is 4.85. The molecule has 3 N–H and O–H groups in total. The standard InChI is InChI=1S/C32H32F2N14O12P2S2/c33-19-23-15(9-55-61(52,63)60-24-20(34)30(48-12-40-21-25(35)36-10-38-27(21)48)57-32(24)6-16(32)58-62(53,64)59-23)56-29(19)47-13-41-22-26(37-11-39-28(22)47)42-31(51)54-5-1-4-45-7-14(43-44-45)8-46-17(49)2-3-18(46)50/h2-3,7,10-13,15-16,19-20,23-24,29-30H,1,4-6,8-9H2,(H,52,63)(H,53,64)(H2,35,36,38)(H,37,39,42,51)/t15-,16-,19-,20-,23-,24+,29-,30-,32?,61-,62-/m1/s1. The highest BCUT2D eigenvalue weighted by molar-refractivity contribution is 8.44. The van der Waals surface area contributed by atoms with Crippen LogP contribution in [0, 0.1) is 0 Å². The van der Waals surface area contributed by atoms with Gasteiger partial charge in [0, 0.05) is 31.5 Å². The molecule has 5 aromatic rings. The Hall–Kier alpha value is -5.03. The van der Waals surface area contributed by atoms with E-state index in [9.17, 15) is 23.5 Å². The van der Waals surface area contributed by atoms with Gasteiger partial charge < -0.3 is 19.9 Å². The van der Waals surface area contributed by atoms with Crippen molar-refractivity contribution in [2.45, 2.75) is 80.7 Å². The molecule has 0 aromatic carbocycles. The van der Waals surface area contributed by atoms with E-state index in [-0.39, 0.29) is 60.1 Å². The number of imide groups is 1. The van der Waals surface area contributed by atoms with E-state index in [1.165, 1.54) is 27.7 Å². The Balaban J connectivity index is 0.798. The summed E-state index contributed by atoms with van der Waals surface area (Å²) in [4.78, 5) is 62.0. The number of nitrogens with one attached hydrogen (secondary N) is 1. The fraction of sp³-hybridized carbons (Fsp3) is 0.469. The third kappa shape index (κ3) is 7.83. The van der Waals surface area contributed by atoms with Crippen LogP contribution in [0.5, 0.6) is 0 Å². The zero-order chi connectivity index (χ0) is 44.7. The average Bonchev–Trinajstić information content (AvgIpc) is 3.93. The lowest BCUT2D eigenvalue weighted by atomic mass is 10.1. The molecule has 1 spiro atoms. The van der Waals surface area contributed by atoms with Gasteiger partial charge in [-0.2, -0.15) is 0 Å². The quantitative estimate of drug-likeness (QED) is 0.0713. The number of alkyl halides is 2. The number of nitrogens with zero attached hydrogens (tertiary/aromatic N) is 12. The Kier molecular flexibility index (Phi) is 10.8. The molecule has 0 bridgehead atoms. The van der Waals surface area contributed by atoms with Crippen molar-refractivity contribution >= 4 is 90.0 Å². The van der Waals surface area contributed by atoms with E-state index in [4.69, 9.17) is 38.0 Å². The second-order valence-electron chi connectivity index (χ2n) is 14.9. The number of nitrogen functional groups attached to an aromatic ring is 1. The van der Waals surface area contributed by atoms with Crippen LogP contribution >= 0.6 is 38.1 Å². The Morgan fingerprint density at radius 3 is 2.44 bits per heavy atom. The van der Waals surface area contributed by atoms with Crippen molar-refractivity contribution < 1.29 is 64.6 Å². The summed E-state index contributed by atoms with van der Waals surface area (Å²) in [6.45, 7) is -9.61. The number of hydrogen-bond donors (Lipinski definition) is 4. The van der Waals surface area contributed by atoms with E-state index in [1.54, 1.807) is 6.20 Å². The zero-order valence-corrected chi connectivity index (χ0v) is 35.9. The SMILES string of the molecule is Nc1ncnc2c1ncn2[C@@H]1OC23C[C@H]2O[P@@](=O)(S)O[C@H]2[C@@H](F)[C@H](n4cnc5c(NC(=O)OCCCn6cc(CN7C(=O)C=CC7=O)nn6)ncnc54)O[C@@H]2CO[P@@](=O)(S)O[C@H]3[C@H]1F. The molecular weight excluding hydrogens is 937 g/mol. The summed E-state index contributed by atoms with van der Waals surface area (Å²) in [6.07, 6.45) is -5.68. The van der Waals surface area contributed by atoms with Crippen molar-refractivity contribution in [3.05, 3.63) is 49.4 Å². The molecule has 32 heteroatoms. The molecule has 26 nitrogen and oxygen atoms in total. The number of fused-ring (bicyclic) bond motifs is 3. The number of aromatic nitrogens is 11. The third-order valence-electron chi connectivity index (χ3n) is 10.8. The van der Waals surface area contributed by atoms with E-state index >= 15 is 8.78 Å². The number of ether oxygens (including phenoxy) is 3. The molecule has 338 valence electrons. The molecule has 3 saturated heterocycles. The summed E-state index contributed by atoms with van der Waals surface area (Å²) in [7, 11) is 0. The van der Waals surface area contributed by atoms with Gasteiger partial charge in [-0.15, -0.1) is 5.10 Å².